The van der Waals surface area contributed by atoms with Gasteiger partial charge in [0.1, 0.15) is 10.8 Å². The van der Waals surface area contributed by atoms with Crippen molar-refractivity contribution in [1.82, 2.24) is 15.3 Å². The van der Waals surface area contributed by atoms with Gasteiger partial charge in [-0.15, -0.1) is 0 Å². The molecule has 1 aromatic heterocycles. The fraction of sp³-hybridized carbons (Fsp3) is 0.250. The minimum atomic E-state index is -1.37. The number of aliphatic hydroxyl groups excluding tert-OH is 1. The van der Waals surface area contributed by atoms with E-state index in [1.807, 2.05) is 0 Å². The Morgan fingerprint density at radius 3 is 2.56 bits per heavy atom. The Morgan fingerprint density at radius 2 is 2.12 bits per heavy atom. The van der Waals surface area contributed by atoms with Crippen LogP contribution in [0.25, 0.3) is 0 Å². The van der Waals surface area contributed by atoms with E-state index in [0.29, 0.717) is 0 Å². The predicted molar refractivity (Wildman–Crippen MR) is 53.0 cm³/mol. The highest BCUT2D eigenvalue weighted by atomic mass is 35.5. The molecule has 1 rings (SSSR count). The number of carbonyl (C=O) groups excluding carboxylic acids is 1. The van der Waals surface area contributed by atoms with Crippen LogP contribution in [0, 0.1) is 0 Å². The van der Waals surface area contributed by atoms with Gasteiger partial charge in [-0.2, -0.15) is 0 Å². The maximum Gasteiger partial charge on any atom is 0.328 e. The topological polar surface area (TPSA) is 112 Å². The van der Waals surface area contributed by atoms with Crippen LogP contribution >= 0.6 is 11.6 Å². The highest BCUT2D eigenvalue weighted by Crippen LogP contribution is 2.01. The molecule has 1 heterocycles. The van der Waals surface area contributed by atoms with E-state index >= 15 is 0 Å². The van der Waals surface area contributed by atoms with Gasteiger partial charge in [0, 0.05) is 0 Å². The number of hydrogen-bond donors (Lipinski definition) is 3. The number of aliphatic carboxylic acids is 1. The molecule has 0 aliphatic heterocycles. The first-order valence-corrected chi connectivity index (χ1v) is 4.54. The second-order valence-corrected chi connectivity index (χ2v) is 3.16. The summed E-state index contributed by atoms with van der Waals surface area (Å²) in [6.07, 6.45) is 2.26. The Bertz CT molecular complexity index is 395. The minimum absolute atomic E-state index is 0.0795. The van der Waals surface area contributed by atoms with Gasteiger partial charge in [0.05, 0.1) is 19.0 Å². The lowest BCUT2D eigenvalue weighted by Crippen LogP contribution is -2.43. The van der Waals surface area contributed by atoms with Crippen molar-refractivity contribution in [3.05, 3.63) is 23.2 Å². The van der Waals surface area contributed by atoms with Crippen molar-refractivity contribution in [3.8, 4) is 0 Å². The molecule has 0 spiro atoms. The Hall–Kier alpha value is -1.73. The van der Waals surface area contributed by atoms with Crippen molar-refractivity contribution < 1.29 is 19.8 Å². The quantitative estimate of drug-likeness (QED) is 0.647. The molecule has 7 nitrogen and oxygen atoms in total. The third kappa shape index (κ3) is 3.14. The molecular formula is C8H8ClN3O4. The molecule has 1 atom stereocenters. The Morgan fingerprint density at radius 1 is 1.44 bits per heavy atom. The van der Waals surface area contributed by atoms with Crippen LogP contribution in [-0.2, 0) is 4.79 Å². The number of carboxylic acids is 1. The number of hydrogen-bond acceptors (Lipinski definition) is 5. The van der Waals surface area contributed by atoms with Gasteiger partial charge in [-0.1, -0.05) is 11.6 Å². The van der Waals surface area contributed by atoms with Crippen molar-refractivity contribution in [3.63, 3.8) is 0 Å². The number of amides is 1. The summed E-state index contributed by atoms with van der Waals surface area (Å²) < 4.78 is 0. The minimum Gasteiger partial charge on any atom is -0.480 e. The summed E-state index contributed by atoms with van der Waals surface area (Å²) in [7, 11) is 0. The van der Waals surface area contributed by atoms with E-state index in [-0.39, 0.29) is 10.8 Å². The van der Waals surface area contributed by atoms with Gasteiger partial charge >= 0.3 is 5.97 Å². The number of halogens is 1. The smallest absolute Gasteiger partial charge is 0.328 e. The van der Waals surface area contributed by atoms with E-state index in [1.165, 1.54) is 0 Å². The fourth-order valence-electron chi connectivity index (χ4n) is 0.847. The highest BCUT2D eigenvalue weighted by Gasteiger charge is 2.20. The largest absolute Gasteiger partial charge is 0.480 e. The van der Waals surface area contributed by atoms with Crippen LogP contribution in [0.2, 0.25) is 5.15 Å². The zero-order valence-electron chi connectivity index (χ0n) is 7.92. The molecule has 1 aromatic rings. The number of aromatic nitrogens is 2. The highest BCUT2D eigenvalue weighted by molar-refractivity contribution is 6.29. The summed E-state index contributed by atoms with van der Waals surface area (Å²) in [5.41, 5.74) is -0.0795. The molecule has 0 aliphatic carbocycles. The zero-order valence-corrected chi connectivity index (χ0v) is 8.68. The third-order valence-corrected chi connectivity index (χ3v) is 1.83. The maximum atomic E-state index is 11.4. The average molecular weight is 246 g/mol. The van der Waals surface area contributed by atoms with E-state index in [4.69, 9.17) is 21.8 Å². The molecule has 16 heavy (non-hydrogen) atoms. The summed E-state index contributed by atoms with van der Waals surface area (Å²) in [5.74, 6) is -2.08. The second-order valence-electron chi connectivity index (χ2n) is 2.77. The maximum absolute atomic E-state index is 11.4. The number of rotatable bonds is 4. The van der Waals surface area contributed by atoms with Crippen LogP contribution in [0.1, 0.15) is 10.5 Å². The van der Waals surface area contributed by atoms with E-state index in [1.54, 1.807) is 0 Å². The third-order valence-electron chi connectivity index (χ3n) is 1.64. The summed E-state index contributed by atoms with van der Waals surface area (Å²) >= 11 is 5.46. The first-order valence-electron chi connectivity index (χ1n) is 4.16. The van der Waals surface area contributed by atoms with Gasteiger partial charge in [0.15, 0.2) is 6.04 Å². The molecule has 0 radical (unpaired) electrons. The van der Waals surface area contributed by atoms with Crippen molar-refractivity contribution in [2.75, 3.05) is 6.61 Å². The van der Waals surface area contributed by atoms with Crippen molar-refractivity contribution in [2.45, 2.75) is 6.04 Å². The fourth-order valence-corrected chi connectivity index (χ4v) is 0.945. The standard InChI is InChI=1S/C8H8ClN3O4/c9-6-2-10-4(1-11-6)7(14)12-5(3-13)8(15)16/h1-2,5,13H,3H2,(H,12,14)(H,15,16)/t5-/m0/s1. The Labute approximate surface area is 95.1 Å². The van der Waals surface area contributed by atoms with E-state index in [0.717, 1.165) is 12.4 Å². The van der Waals surface area contributed by atoms with Crippen LogP contribution in [-0.4, -0.2) is 44.7 Å². The molecule has 0 saturated carbocycles. The van der Waals surface area contributed by atoms with Crippen molar-refractivity contribution in [2.24, 2.45) is 0 Å². The van der Waals surface area contributed by atoms with Crippen LogP contribution in [0.5, 0.6) is 0 Å². The van der Waals surface area contributed by atoms with Crippen molar-refractivity contribution >= 4 is 23.5 Å². The van der Waals surface area contributed by atoms with Crippen LogP contribution in [0.15, 0.2) is 12.4 Å². The first-order chi connectivity index (χ1) is 7.54. The average Bonchev–Trinajstić information content (AvgIpc) is 2.26. The lowest BCUT2D eigenvalue weighted by Gasteiger charge is -2.10. The van der Waals surface area contributed by atoms with Crippen LogP contribution in [0.3, 0.4) is 0 Å². The molecule has 3 N–H and O–H groups in total. The number of nitrogens with zero attached hydrogens (tertiary/aromatic N) is 2. The van der Waals surface area contributed by atoms with Gasteiger partial charge in [-0.3, -0.25) is 4.79 Å². The summed E-state index contributed by atoms with van der Waals surface area (Å²) in [6, 6.07) is -1.37. The summed E-state index contributed by atoms with van der Waals surface area (Å²) in [5, 5.41) is 19.5. The molecule has 0 fully saturated rings. The SMILES string of the molecule is O=C(N[C@@H](CO)C(=O)O)c1cnc(Cl)cn1. The molecule has 8 heteroatoms. The van der Waals surface area contributed by atoms with E-state index in [2.05, 4.69) is 15.3 Å². The molecule has 0 aliphatic rings. The molecule has 0 aromatic carbocycles. The number of nitrogens with one attached hydrogen (secondary N) is 1. The van der Waals surface area contributed by atoms with Gasteiger partial charge in [0.25, 0.3) is 5.91 Å². The molecule has 0 bridgehead atoms. The number of carboxylic acid groups (broad SMARTS) is 1. The monoisotopic (exact) mass is 245 g/mol. The van der Waals surface area contributed by atoms with E-state index in [9.17, 15) is 9.59 Å². The first kappa shape index (κ1) is 12.3. The Balaban J connectivity index is 2.71. The van der Waals surface area contributed by atoms with Gasteiger partial charge in [0.2, 0.25) is 0 Å². The molecular weight excluding hydrogens is 238 g/mol. The molecule has 0 saturated heterocycles. The van der Waals surface area contributed by atoms with E-state index < -0.39 is 24.5 Å². The normalized spacial score (nSPS) is 11.9. The summed E-state index contributed by atoms with van der Waals surface area (Å²) in [4.78, 5) is 29.2. The van der Waals surface area contributed by atoms with Crippen LogP contribution < -0.4 is 5.32 Å². The van der Waals surface area contributed by atoms with Gasteiger partial charge < -0.3 is 15.5 Å². The number of carbonyl (C=O) groups is 2. The number of aliphatic hydroxyl groups is 1. The molecule has 0 unspecified atom stereocenters. The lowest BCUT2D eigenvalue weighted by molar-refractivity contribution is -0.140. The lowest BCUT2D eigenvalue weighted by atomic mass is 10.3. The second kappa shape index (κ2) is 5.38. The predicted octanol–water partition coefficient (Wildman–Crippen LogP) is -0.695. The van der Waals surface area contributed by atoms with Crippen molar-refractivity contribution in [1.29, 1.82) is 0 Å². The molecule has 1 amide bonds. The van der Waals surface area contributed by atoms with Gasteiger partial charge in [-0.05, 0) is 0 Å². The van der Waals surface area contributed by atoms with Gasteiger partial charge in [-0.25, -0.2) is 14.8 Å². The summed E-state index contributed by atoms with van der Waals surface area (Å²) in [6.45, 7) is -0.706. The molecule has 86 valence electrons. The zero-order chi connectivity index (χ0) is 12.1. The van der Waals surface area contributed by atoms with Crippen LogP contribution in [0.4, 0.5) is 0 Å². The Kier molecular flexibility index (Phi) is 4.15.